The minimum Gasteiger partial charge on any atom is -0.444 e. The summed E-state index contributed by atoms with van der Waals surface area (Å²) in [5.41, 5.74) is -0.552. The van der Waals surface area contributed by atoms with Gasteiger partial charge in [0.05, 0.1) is 0 Å². The summed E-state index contributed by atoms with van der Waals surface area (Å²) >= 11 is 0. The normalized spacial score (nSPS) is 17.7. The molecule has 0 aromatic heterocycles. The Balaban J connectivity index is 2.37. The number of amides is 1. The Morgan fingerprint density at radius 1 is 1.23 bits per heavy atom. The van der Waals surface area contributed by atoms with Crippen LogP contribution in [0.1, 0.15) is 40.5 Å². The number of ether oxygens (including phenoxy) is 1. The Bertz CT molecular complexity index is 506. The van der Waals surface area contributed by atoms with Gasteiger partial charge in [0.15, 0.2) is 0 Å². The first-order chi connectivity index (χ1) is 12.1. The minimum atomic E-state index is -1.90. The van der Waals surface area contributed by atoms with Gasteiger partial charge in [0, 0.05) is 52.4 Å². The third-order valence-corrected chi connectivity index (χ3v) is 3.87. The molecule has 3 N–H and O–H groups in total. The van der Waals surface area contributed by atoms with Crippen LogP contribution in [-0.2, 0) is 4.74 Å². The number of nitrogens with one attached hydrogen (secondary N) is 1. The zero-order chi connectivity index (χ0) is 19.8. The molecule has 1 fully saturated rings. The molecule has 0 bridgehead atoms. The molecule has 150 valence electrons. The molecular weight excluding hydrogens is 338 g/mol. The molecule has 0 aliphatic carbocycles. The monoisotopic (exact) mass is 371 g/mol. The molecule has 0 aromatic rings. The zero-order valence-corrected chi connectivity index (χ0v) is 16.5. The van der Waals surface area contributed by atoms with Crippen molar-refractivity contribution in [3.05, 3.63) is 0 Å². The molecule has 0 unspecified atom stereocenters. The Labute approximate surface area is 155 Å². The second kappa shape index (κ2) is 9.84. The van der Waals surface area contributed by atoms with E-state index in [9.17, 15) is 15.0 Å². The minimum absolute atomic E-state index is 0.130. The van der Waals surface area contributed by atoms with Crippen LogP contribution in [0.3, 0.4) is 0 Å². The van der Waals surface area contributed by atoms with Gasteiger partial charge in [-0.25, -0.2) is 14.7 Å². The number of carbonyl (C=O) groups is 1. The molecule has 1 rings (SSSR count). The van der Waals surface area contributed by atoms with Crippen LogP contribution in [0, 0.1) is 0 Å². The molecule has 9 heteroatoms. The third kappa shape index (κ3) is 7.67. The number of rotatable bonds is 5. The van der Waals surface area contributed by atoms with E-state index in [1.165, 1.54) is 0 Å². The molecule has 1 heterocycles. The number of aliphatic hydroxyl groups is 2. The van der Waals surface area contributed by atoms with Crippen LogP contribution in [0.4, 0.5) is 4.79 Å². The van der Waals surface area contributed by atoms with Crippen LogP contribution in [0.25, 0.3) is 0 Å². The molecule has 0 radical (unpaired) electrons. The summed E-state index contributed by atoms with van der Waals surface area (Å²) in [6.07, 6.45) is 1.74. The maximum atomic E-state index is 11.6. The van der Waals surface area contributed by atoms with Gasteiger partial charge in [-0.1, -0.05) is 0 Å². The molecule has 1 amide bonds. The Morgan fingerprint density at radius 3 is 2.35 bits per heavy atom. The van der Waals surface area contributed by atoms with Gasteiger partial charge in [-0.15, -0.1) is 0 Å². The number of alkyl carbamates (subject to hydrolysis) is 1. The van der Waals surface area contributed by atoms with Crippen molar-refractivity contribution < 1.29 is 19.7 Å². The van der Waals surface area contributed by atoms with E-state index in [1.807, 2.05) is 11.8 Å². The summed E-state index contributed by atoms with van der Waals surface area (Å²) in [7, 11) is 1.69. The summed E-state index contributed by atoms with van der Waals surface area (Å²) in [4.78, 5) is 23.6. The second-order valence-corrected chi connectivity index (χ2v) is 7.19. The summed E-state index contributed by atoms with van der Waals surface area (Å²) < 4.78 is 5.14. The van der Waals surface area contributed by atoms with E-state index in [1.54, 1.807) is 38.9 Å². The van der Waals surface area contributed by atoms with Gasteiger partial charge in [0.25, 0.3) is 0 Å². The van der Waals surface area contributed by atoms with E-state index < -0.39 is 17.6 Å². The fourth-order valence-electron chi connectivity index (χ4n) is 2.65. The lowest BCUT2D eigenvalue weighted by molar-refractivity contribution is -0.272. The first-order valence-electron chi connectivity index (χ1n) is 8.96. The van der Waals surface area contributed by atoms with Crippen molar-refractivity contribution in [3.8, 4) is 0 Å². The van der Waals surface area contributed by atoms with E-state index >= 15 is 0 Å². The van der Waals surface area contributed by atoms with Crippen molar-refractivity contribution >= 4 is 18.3 Å². The van der Waals surface area contributed by atoms with Crippen LogP contribution in [0.15, 0.2) is 9.98 Å². The molecule has 9 nitrogen and oxygen atoms in total. The van der Waals surface area contributed by atoms with E-state index in [0.717, 1.165) is 0 Å². The Kier molecular flexibility index (Phi) is 8.45. The van der Waals surface area contributed by atoms with Gasteiger partial charge in [-0.05, 0) is 34.1 Å². The lowest BCUT2D eigenvalue weighted by Gasteiger charge is -2.41. The smallest absolute Gasteiger partial charge is 0.407 e. The molecular formula is C17H33N5O4. The highest BCUT2D eigenvalue weighted by atomic mass is 16.6. The lowest BCUT2D eigenvalue weighted by Crippen LogP contribution is -2.58. The number of hydrogen-bond donors (Lipinski definition) is 3. The van der Waals surface area contributed by atoms with E-state index in [-0.39, 0.29) is 6.42 Å². The van der Waals surface area contributed by atoms with Crippen molar-refractivity contribution in [1.29, 1.82) is 0 Å². The maximum Gasteiger partial charge on any atom is 0.407 e. The van der Waals surface area contributed by atoms with Gasteiger partial charge < -0.3 is 25.2 Å². The van der Waals surface area contributed by atoms with Gasteiger partial charge in [-0.3, -0.25) is 4.99 Å². The summed E-state index contributed by atoms with van der Waals surface area (Å²) in [5, 5.41) is 23.3. The molecule has 0 saturated carbocycles. The number of guanidine groups is 1. The molecule has 0 atom stereocenters. The van der Waals surface area contributed by atoms with Crippen LogP contribution in [-0.4, -0.2) is 89.6 Å². The van der Waals surface area contributed by atoms with Crippen molar-refractivity contribution in [1.82, 2.24) is 15.1 Å². The van der Waals surface area contributed by atoms with Crippen LogP contribution < -0.4 is 5.32 Å². The quantitative estimate of drug-likeness (QED) is 0.283. The van der Waals surface area contributed by atoms with Crippen LogP contribution in [0.2, 0.25) is 0 Å². The van der Waals surface area contributed by atoms with E-state index in [4.69, 9.17) is 4.74 Å². The van der Waals surface area contributed by atoms with E-state index in [0.29, 0.717) is 45.1 Å². The Hall–Kier alpha value is -1.71. The predicted octanol–water partition coefficient (Wildman–Crippen LogP) is 0.624. The average Bonchev–Trinajstić information content (AvgIpc) is 2.55. The standard InChI is InChI=1S/C17H33N5O4/c1-6-19-14(18-5)21-10-12-22(13-11-21)17(24,25)8-7-9-20-15(23)26-16(2,3)4/h6,24-25H,7-13H2,1-5H3,(H,20,23). The van der Waals surface area contributed by atoms with Crippen molar-refractivity contribution in [3.63, 3.8) is 0 Å². The van der Waals surface area contributed by atoms with Gasteiger partial charge in [0.2, 0.25) is 11.9 Å². The van der Waals surface area contributed by atoms with Crippen LogP contribution in [0.5, 0.6) is 0 Å². The Morgan fingerprint density at radius 2 is 1.85 bits per heavy atom. The summed E-state index contributed by atoms with van der Waals surface area (Å²) in [5.74, 6) is -1.26. The second-order valence-electron chi connectivity index (χ2n) is 7.19. The highest BCUT2D eigenvalue weighted by Crippen LogP contribution is 2.18. The molecule has 0 spiro atoms. The van der Waals surface area contributed by atoms with Crippen molar-refractivity contribution in [2.75, 3.05) is 39.8 Å². The first-order valence-corrected chi connectivity index (χ1v) is 8.96. The predicted molar refractivity (Wildman–Crippen MR) is 101 cm³/mol. The highest BCUT2D eigenvalue weighted by molar-refractivity contribution is 5.87. The number of carbonyl (C=O) groups excluding carboxylic acids is 1. The third-order valence-electron chi connectivity index (χ3n) is 3.87. The zero-order valence-electron chi connectivity index (χ0n) is 16.5. The number of nitrogens with zero attached hydrogens (tertiary/aromatic N) is 4. The first kappa shape index (κ1) is 22.3. The number of aliphatic imine (C=N–C) groups is 2. The summed E-state index contributed by atoms with van der Waals surface area (Å²) in [6.45, 7) is 9.73. The number of hydrogen-bond acceptors (Lipinski definition) is 6. The molecule has 1 aliphatic heterocycles. The van der Waals surface area contributed by atoms with Gasteiger partial charge in [-0.2, -0.15) is 0 Å². The van der Waals surface area contributed by atoms with Gasteiger partial charge >= 0.3 is 6.09 Å². The fraction of sp³-hybridized carbons (Fsp3) is 0.824. The van der Waals surface area contributed by atoms with Crippen molar-refractivity contribution in [2.24, 2.45) is 9.98 Å². The average molecular weight is 371 g/mol. The molecule has 26 heavy (non-hydrogen) atoms. The molecule has 0 aromatic carbocycles. The van der Waals surface area contributed by atoms with Crippen molar-refractivity contribution in [2.45, 2.75) is 52.0 Å². The maximum absolute atomic E-state index is 11.6. The van der Waals surface area contributed by atoms with Gasteiger partial charge in [0.1, 0.15) is 5.60 Å². The van der Waals surface area contributed by atoms with Crippen LogP contribution >= 0.6 is 0 Å². The molecule has 1 aliphatic rings. The highest BCUT2D eigenvalue weighted by Gasteiger charge is 2.34. The molecule has 1 saturated heterocycles. The fourth-order valence-corrected chi connectivity index (χ4v) is 2.65. The van der Waals surface area contributed by atoms with E-state index in [2.05, 4.69) is 15.3 Å². The SMILES string of the molecule is CC=NC(=NC)N1CCN(C(O)(O)CCCNC(=O)OC(C)(C)C)CC1. The summed E-state index contributed by atoms with van der Waals surface area (Å²) in [6, 6.07) is 0. The lowest BCUT2D eigenvalue weighted by atomic mass is 10.2. The largest absolute Gasteiger partial charge is 0.444 e. The number of piperazine rings is 1. The topological polar surface area (TPSA) is 110 Å².